The second kappa shape index (κ2) is 5.07. The first-order chi connectivity index (χ1) is 8.08. The molecule has 0 spiro atoms. The number of nitrogens with zero attached hydrogens (tertiary/aromatic N) is 1. The van der Waals surface area contributed by atoms with E-state index >= 15 is 0 Å². The number of likely N-dealkylation sites (N-methyl/N-ethyl adjacent to an activating group) is 1. The number of hydrogen-bond acceptors (Lipinski definition) is 3. The van der Waals surface area contributed by atoms with Crippen molar-refractivity contribution in [1.29, 1.82) is 0 Å². The fourth-order valence-corrected chi connectivity index (χ4v) is 2.49. The molecule has 0 aromatic heterocycles. The topological polar surface area (TPSA) is 38.5 Å². The third-order valence-corrected chi connectivity index (χ3v) is 3.68. The summed E-state index contributed by atoms with van der Waals surface area (Å²) in [7, 11) is 2.16. The zero-order valence-electron chi connectivity index (χ0n) is 10.9. The standard InChI is InChI=1S/C14H22N2O/c1-10-4-5-12(8-13(10)15)9-16(3)14-6-7-17-11(14)2/h4-5,8,11,14H,6-7,9,15H2,1-3H3. The molecule has 2 N–H and O–H groups in total. The van der Waals surface area contributed by atoms with Crippen LogP contribution in [0.25, 0.3) is 0 Å². The summed E-state index contributed by atoms with van der Waals surface area (Å²) in [6.45, 7) is 6.00. The van der Waals surface area contributed by atoms with Crippen molar-refractivity contribution in [2.45, 2.75) is 39.0 Å². The minimum Gasteiger partial charge on any atom is -0.399 e. The van der Waals surface area contributed by atoms with E-state index in [1.807, 2.05) is 6.92 Å². The van der Waals surface area contributed by atoms with Gasteiger partial charge in [0.1, 0.15) is 0 Å². The van der Waals surface area contributed by atoms with Gasteiger partial charge in [-0.15, -0.1) is 0 Å². The van der Waals surface area contributed by atoms with Gasteiger partial charge in [-0.05, 0) is 44.5 Å². The van der Waals surface area contributed by atoms with Gasteiger partial charge in [0, 0.05) is 24.9 Å². The molecular formula is C14H22N2O. The minimum atomic E-state index is 0.336. The lowest BCUT2D eigenvalue weighted by Crippen LogP contribution is -2.36. The van der Waals surface area contributed by atoms with Crippen LogP contribution in [0.2, 0.25) is 0 Å². The van der Waals surface area contributed by atoms with Crippen molar-refractivity contribution < 1.29 is 4.74 Å². The van der Waals surface area contributed by atoms with Crippen LogP contribution in [0.15, 0.2) is 18.2 Å². The molecule has 1 aliphatic heterocycles. The highest BCUT2D eigenvalue weighted by atomic mass is 16.5. The van der Waals surface area contributed by atoms with E-state index in [0.29, 0.717) is 12.1 Å². The predicted molar refractivity (Wildman–Crippen MR) is 70.9 cm³/mol. The largest absolute Gasteiger partial charge is 0.399 e. The number of aryl methyl sites for hydroxylation is 1. The normalized spacial score (nSPS) is 24.5. The Morgan fingerprint density at radius 1 is 1.47 bits per heavy atom. The lowest BCUT2D eigenvalue weighted by atomic mass is 10.1. The Balaban J connectivity index is 2.02. The SMILES string of the molecule is Cc1ccc(CN(C)C2CCOC2C)cc1N. The minimum absolute atomic E-state index is 0.336. The molecule has 1 aromatic rings. The molecule has 1 heterocycles. The third-order valence-electron chi connectivity index (χ3n) is 3.68. The number of benzene rings is 1. The van der Waals surface area contributed by atoms with Crippen molar-refractivity contribution in [3.8, 4) is 0 Å². The van der Waals surface area contributed by atoms with E-state index < -0.39 is 0 Å². The zero-order chi connectivity index (χ0) is 12.4. The molecule has 1 fully saturated rings. The summed E-state index contributed by atoms with van der Waals surface area (Å²) >= 11 is 0. The number of rotatable bonds is 3. The molecule has 1 saturated heterocycles. The molecular weight excluding hydrogens is 212 g/mol. The van der Waals surface area contributed by atoms with Crippen LogP contribution in [0.4, 0.5) is 5.69 Å². The number of anilines is 1. The molecule has 0 saturated carbocycles. The first-order valence-electron chi connectivity index (χ1n) is 6.25. The van der Waals surface area contributed by atoms with Crippen LogP contribution < -0.4 is 5.73 Å². The Labute approximate surface area is 104 Å². The molecule has 17 heavy (non-hydrogen) atoms. The van der Waals surface area contributed by atoms with Gasteiger partial charge in [-0.25, -0.2) is 0 Å². The summed E-state index contributed by atoms with van der Waals surface area (Å²) in [4.78, 5) is 2.36. The van der Waals surface area contributed by atoms with E-state index in [-0.39, 0.29) is 0 Å². The highest BCUT2D eigenvalue weighted by Crippen LogP contribution is 2.21. The van der Waals surface area contributed by atoms with Gasteiger partial charge in [0.2, 0.25) is 0 Å². The van der Waals surface area contributed by atoms with E-state index in [9.17, 15) is 0 Å². The fraction of sp³-hybridized carbons (Fsp3) is 0.571. The van der Waals surface area contributed by atoms with Gasteiger partial charge < -0.3 is 10.5 Å². The molecule has 3 nitrogen and oxygen atoms in total. The van der Waals surface area contributed by atoms with Gasteiger partial charge >= 0.3 is 0 Å². The van der Waals surface area contributed by atoms with Gasteiger partial charge in [-0.1, -0.05) is 12.1 Å². The summed E-state index contributed by atoms with van der Waals surface area (Å²) in [5, 5.41) is 0. The van der Waals surface area contributed by atoms with Crippen LogP contribution in [0.1, 0.15) is 24.5 Å². The lowest BCUT2D eigenvalue weighted by molar-refractivity contribution is 0.0814. The summed E-state index contributed by atoms with van der Waals surface area (Å²) in [5.74, 6) is 0. The van der Waals surface area contributed by atoms with Gasteiger partial charge in [0.15, 0.2) is 0 Å². The van der Waals surface area contributed by atoms with Crippen LogP contribution in [0, 0.1) is 6.92 Å². The highest BCUT2D eigenvalue weighted by molar-refractivity contribution is 5.48. The summed E-state index contributed by atoms with van der Waals surface area (Å²) in [6, 6.07) is 6.85. The lowest BCUT2D eigenvalue weighted by Gasteiger charge is -2.26. The van der Waals surface area contributed by atoms with Crippen LogP contribution in [-0.4, -0.2) is 30.7 Å². The number of nitrogens with two attached hydrogens (primary N) is 1. The summed E-state index contributed by atoms with van der Waals surface area (Å²) in [6.07, 6.45) is 1.46. The number of ether oxygens (including phenoxy) is 1. The van der Waals surface area contributed by atoms with Crippen molar-refractivity contribution in [1.82, 2.24) is 4.90 Å². The van der Waals surface area contributed by atoms with Crippen LogP contribution in [0.5, 0.6) is 0 Å². The van der Waals surface area contributed by atoms with E-state index in [2.05, 4.69) is 37.1 Å². The Kier molecular flexibility index (Phi) is 3.69. The van der Waals surface area contributed by atoms with Crippen molar-refractivity contribution in [3.63, 3.8) is 0 Å². The van der Waals surface area contributed by atoms with Crippen LogP contribution in [0.3, 0.4) is 0 Å². The van der Waals surface area contributed by atoms with E-state index in [1.165, 1.54) is 5.56 Å². The summed E-state index contributed by atoms with van der Waals surface area (Å²) < 4.78 is 5.60. The first kappa shape index (κ1) is 12.4. The monoisotopic (exact) mass is 234 g/mol. The maximum absolute atomic E-state index is 5.93. The van der Waals surface area contributed by atoms with E-state index in [4.69, 9.17) is 10.5 Å². The summed E-state index contributed by atoms with van der Waals surface area (Å²) in [5.41, 5.74) is 9.24. The predicted octanol–water partition coefficient (Wildman–Crippen LogP) is 2.19. The van der Waals surface area contributed by atoms with Crippen molar-refractivity contribution in [2.24, 2.45) is 0 Å². The average molecular weight is 234 g/mol. The van der Waals surface area contributed by atoms with Crippen molar-refractivity contribution >= 4 is 5.69 Å². The highest BCUT2D eigenvalue weighted by Gasteiger charge is 2.27. The molecule has 0 amide bonds. The maximum Gasteiger partial charge on any atom is 0.0703 e. The number of nitrogen functional groups attached to an aromatic ring is 1. The molecule has 1 aliphatic rings. The second-order valence-electron chi connectivity index (χ2n) is 5.04. The molecule has 2 unspecified atom stereocenters. The zero-order valence-corrected chi connectivity index (χ0v) is 10.9. The van der Waals surface area contributed by atoms with Crippen molar-refractivity contribution in [2.75, 3.05) is 19.4 Å². The quantitative estimate of drug-likeness (QED) is 0.815. The van der Waals surface area contributed by atoms with Crippen LogP contribution >= 0.6 is 0 Å². The molecule has 0 aliphatic carbocycles. The Hall–Kier alpha value is -1.06. The molecule has 1 aromatic carbocycles. The van der Waals surface area contributed by atoms with Gasteiger partial charge in [0.05, 0.1) is 6.10 Å². The molecule has 0 radical (unpaired) electrons. The number of hydrogen-bond donors (Lipinski definition) is 1. The van der Waals surface area contributed by atoms with Crippen molar-refractivity contribution in [3.05, 3.63) is 29.3 Å². The fourth-order valence-electron chi connectivity index (χ4n) is 2.49. The molecule has 94 valence electrons. The average Bonchev–Trinajstić information content (AvgIpc) is 2.70. The van der Waals surface area contributed by atoms with E-state index in [1.54, 1.807) is 0 Å². The Morgan fingerprint density at radius 2 is 2.24 bits per heavy atom. The van der Waals surface area contributed by atoms with Crippen LogP contribution in [-0.2, 0) is 11.3 Å². The maximum atomic E-state index is 5.93. The van der Waals surface area contributed by atoms with Gasteiger partial charge in [0.25, 0.3) is 0 Å². The Morgan fingerprint density at radius 3 is 2.82 bits per heavy atom. The van der Waals surface area contributed by atoms with Gasteiger partial charge in [-0.3, -0.25) is 4.90 Å². The first-order valence-corrected chi connectivity index (χ1v) is 6.25. The third kappa shape index (κ3) is 2.79. The molecule has 2 atom stereocenters. The molecule has 2 rings (SSSR count). The molecule has 0 bridgehead atoms. The Bertz CT molecular complexity index is 392. The van der Waals surface area contributed by atoms with E-state index in [0.717, 1.165) is 30.8 Å². The molecule has 3 heteroatoms. The second-order valence-corrected chi connectivity index (χ2v) is 5.04. The van der Waals surface area contributed by atoms with Gasteiger partial charge in [-0.2, -0.15) is 0 Å². The smallest absolute Gasteiger partial charge is 0.0703 e.